The highest BCUT2D eigenvalue weighted by atomic mass is 32.2. The Bertz CT molecular complexity index is 1800. The van der Waals surface area contributed by atoms with E-state index in [1.165, 1.54) is 13.2 Å². The van der Waals surface area contributed by atoms with Gasteiger partial charge in [-0.2, -0.15) is 13.1 Å². The number of sulfonamides is 1. The molecule has 42 heavy (non-hydrogen) atoms. The van der Waals surface area contributed by atoms with Crippen molar-refractivity contribution >= 4 is 38.4 Å². The summed E-state index contributed by atoms with van der Waals surface area (Å²) in [5.74, 6) is 0.357. The minimum absolute atomic E-state index is 0.00373. The largest absolute Gasteiger partial charge is 0.482 e. The molecule has 2 aliphatic rings. The van der Waals surface area contributed by atoms with Crippen LogP contribution in [0.25, 0.3) is 28.1 Å². The number of nitrogens with two attached hydrogens (primary N) is 1. The van der Waals surface area contributed by atoms with Gasteiger partial charge in [-0.15, -0.1) is 0 Å². The second kappa shape index (κ2) is 10.5. The summed E-state index contributed by atoms with van der Waals surface area (Å²) in [5, 5.41) is 0.665. The zero-order chi connectivity index (χ0) is 29.9. The number of halogens is 2. The van der Waals surface area contributed by atoms with Gasteiger partial charge in [-0.3, -0.25) is 9.20 Å². The second-order valence-corrected chi connectivity index (χ2v) is 12.9. The lowest BCUT2D eigenvalue weighted by Gasteiger charge is -2.23. The summed E-state index contributed by atoms with van der Waals surface area (Å²) in [4.78, 5) is 24.6. The van der Waals surface area contributed by atoms with Gasteiger partial charge in [-0.1, -0.05) is 0 Å². The van der Waals surface area contributed by atoms with E-state index in [0.717, 1.165) is 37.6 Å². The lowest BCUT2D eigenvalue weighted by Crippen LogP contribution is -2.39. The number of aromatic nitrogens is 4. The average Bonchev–Trinajstić information content (AvgIpc) is 3.36. The Kier molecular flexibility index (Phi) is 7.08. The Labute approximate surface area is 241 Å². The molecule has 1 aliphatic heterocycles. The Balaban J connectivity index is 1.50. The number of pyridine rings is 2. The molecule has 4 aromatic heterocycles. The summed E-state index contributed by atoms with van der Waals surface area (Å²) < 4.78 is 61.3. The molecule has 0 aromatic carbocycles. The number of fused-ring (bicyclic) bond motifs is 2. The van der Waals surface area contributed by atoms with Crippen LogP contribution in [-0.4, -0.2) is 77.2 Å². The van der Waals surface area contributed by atoms with Crippen molar-refractivity contribution in [2.45, 2.75) is 51.7 Å². The van der Waals surface area contributed by atoms with Crippen LogP contribution in [0.5, 0.6) is 5.88 Å². The number of carbonyl (C=O) groups is 1. The summed E-state index contributed by atoms with van der Waals surface area (Å²) in [6, 6.07) is 8.20. The van der Waals surface area contributed by atoms with Crippen molar-refractivity contribution in [3.8, 4) is 17.3 Å². The number of imidazole rings is 1. The van der Waals surface area contributed by atoms with Crippen molar-refractivity contribution in [2.75, 3.05) is 30.8 Å². The van der Waals surface area contributed by atoms with Gasteiger partial charge in [0.15, 0.2) is 5.88 Å². The maximum atomic E-state index is 13.8. The maximum Gasteiger partial charge on any atom is 0.329 e. The van der Waals surface area contributed by atoms with E-state index in [2.05, 4.69) is 4.98 Å². The number of anilines is 1. The third-order valence-electron chi connectivity index (χ3n) is 8.15. The molecule has 1 saturated heterocycles. The van der Waals surface area contributed by atoms with Crippen molar-refractivity contribution in [3.63, 3.8) is 0 Å². The van der Waals surface area contributed by atoms with Crippen LogP contribution >= 0.6 is 0 Å². The van der Waals surface area contributed by atoms with Crippen molar-refractivity contribution in [1.82, 2.24) is 23.8 Å². The first-order valence-corrected chi connectivity index (χ1v) is 15.7. The first kappa shape index (κ1) is 28.3. The molecule has 5 heterocycles. The lowest BCUT2D eigenvalue weighted by atomic mass is 10.2. The normalized spacial score (nSPS) is 17.6. The third-order valence-corrected chi connectivity index (χ3v) is 9.21. The number of carbonyl (C=O) groups excluding carboxylic acids is 1. The zero-order valence-corrected chi connectivity index (χ0v) is 24.4. The molecule has 2 N–H and O–H groups in total. The van der Waals surface area contributed by atoms with Crippen LogP contribution in [0.1, 0.15) is 41.7 Å². The van der Waals surface area contributed by atoms with E-state index < -0.39 is 16.6 Å². The number of nitrogens with zero attached hydrogens (tertiary/aromatic N) is 6. The van der Waals surface area contributed by atoms with Crippen molar-refractivity contribution in [2.24, 2.45) is 11.7 Å². The Hall–Kier alpha value is -3.78. The van der Waals surface area contributed by atoms with E-state index in [1.807, 2.05) is 22.0 Å². The lowest BCUT2D eigenvalue weighted by molar-refractivity contribution is 0.0740. The van der Waals surface area contributed by atoms with Crippen LogP contribution in [-0.2, 0) is 16.6 Å². The van der Waals surface area contributed by atoms with Crippen LogP contribution in [0.3, 0.4) is 0 Å². The summed E-state index contributed by atoms with van der Waals surface area (Å²) in [6.07, 6.45) is 4.55. The molecule has 0 unspecified atom stereocenters. The number of amides is 1. The molecule has 0 bridgehead atoms. The van der Waals surface area contributed by atoms with E-state index in [4.69, 9.17) is 15.5 Å². The monoisotopic (exact) mass is 601 g/mol. The Morgan fingerprint density at radius 1 is 1.19 bits per heavy atom. The van der Waals surface area contributed by atoms with Gasteiger partial charge in [-0.05, 0) is 62.8 Å². The van der Waals surface area contributed by atoms with E-state index in [0.29, 0.717) is 65.1 Å². The van der Waals surface area contributed by atoms with Gasteiger partial charge in [0, 0.05) is 42.7 Å². The van der Waals surface area contributed by atoms with E-state index in [1.54, 1.807) is 23.1 Å². The molecular formula is C28H33F2N7O4S. The van der Waals surface area contributed by atoms with Crippen LogP contribution in [0.4, 0.5) is 14.6 Å². The van der Waals surface area contributed by atoms with Crippen molar-refractivity contribution in [1.29, 1.82) is 0 Å². The summed E-state index contributed by atoms with van der Waals surface area (Å²) in [6.45, 7) is 0.239. The highest BCUT2D eigenvalue weighted by Crippen LogP contribution is 2.38. The molecule has 14 heteroatoms. The molecule has 6 rings (SSSR count). The van der Waals surface area contributed by atoms with Gasteiger partial charge >= 0.3 is 6.55 Å². The molecular weight excluding hydrogens is 568 g/mol. The molecule has 2 fully saturated rings. The van der Waals surface area contributed by atoms with E-state index in [9.17, 15) is 22.0 Å². The highest BCUT2D eigenvalue weighted by Gasteiger charge is 2.32. The number of aryl methyl sites for hydroxylation is 1. The minimum atomic E-state index is -4.27. The topological polar surface area (TPSA) is 128 Å². The van der Waals surface area contributed by atoms with Crippen LogP contribution in [0, 0.1) is 12.8 Å². The van der Waals surface area contributed by atoms with Gasteiger partial charge in [0.2, 0.25) is 10.0 Å². The van der Waals surface area contributed by atoms with Crippen LogP contribution in [0.15, 0.2) is 30.3 Å². The van der Waals surface area contributed by atoms with Gasteiger partial charge in [0.05, 0.1) is 24.8 Å². The molecule has 224 valence electrons. The maximum absolute atomic E-state index is 13.8. The fourth-order valence-corrected chi connectivity index (χ4v) is 6.63. The number of hydrogen-bond donors (Lipinski definition) is 1. The average molecular weight is 602 g/mol. The minimum Gasteiger partial charge on any atom is -0.482 e. The molecule has 1 amide bonds. The molecule has 1 saturated carbocycles. The number of likely N-dealkylation sites (tertiary alicyclic amines) is 1. The van der Waals surface area contributed by atoms with Gasteiger partial charge in [-0.25, -0.2) is 18.4 Å². The fraction of sp³-hybridized carbons (Fsp3) is 0.464. The van der Waals surface area contributed by atoms with Crippen LogP contribution < -0.4 is 14.8 Å². The predicted molar refractivity (Wildman–Crippen MR) is 154 cm³/mol. The van der Waals surface area contributed by atoms with Crippen molar-refractivity contribution in [3.05, 3.63) is 41.6 Å². The van der Waals surface area contributed by atoms with Gasteiger partial charge in [0.1, 0.15) is 22.8 Å². The Morgan fingerprint density at radius 3 is 2.60 bits per heavy atom. The molecule has 1 aliphatic carbocycles. The van der Waals surface area contributed by atoms with Crippen molar-refractivity contribution < 1.29 is 26.7 Å². The molecule has 0 radical (unpaired) electrons. The number of ether oxygens (including phenoxy) is 1. The van der Waals surface area contributed by atoms with Gasteiger partial charge in [0.25, 0.3) is 5.91 Å². The van der Waals surface area contributed by atoms with E-state index >= 15 is 0 Å². The molecule has 1 atom stereocenters. The summed E-state index contributed by atoms with van der Waals surface area (Å²) in [7, 11) is -2.73. The summed E-state index contributed by atoms with van der Waals surface area (Å²) in [5.41, 5.74) is 9.36. The SMILES string of the molecule is COc1cc(C(=O)N2CCC[C@H]2CN)cc2nc(-c3cc4ccc(N(C(F)F)S(C)(=O)=O)nc4n3CC3CC3)c(C)n12. The smallest absolute Gasteiger partial charge is 0.329 e. The third kappa shape index (κ3) is 4.85. The first-order valence-electron chi connectivity index (χ1n) is 13.9. The Morgan fingerprint density at radius 2 is 1.95 bits per heavy atom. The predicted octanol–water partition coefficient (Wildman–Crippen LogP) is 3.63. The van der Waals surface area contributed by atoms with Gasteiger partial charge < -0.3 is 19.9 Å². The standard InChI is InChI=1S/C28H33F2N7O4S/c1-16-25(32-23-12-19(13-24(41-2)36(16)23)27(38)34-10-4-5-20(34)14-31)21-11-18-8-9-22(37(28(29)30)42(3,39)40)33-26(18)35(21)15-17-6-7-17/h8-9,11-13,17,20,28H,4-7,10,14-15,31H2,1-3H3/t20-/m0/s1. The molecule has 4 aromatic rings. The molecule has 0 spiro atoms. The van der Waals surface area contributed by atoms with Crippen LogP contribution in [0.2, 0.25) is 0 Å². The summed E-state index contributed by atoms with van der Waals surface area (Å²) >= 11 is 0. The highest BCUT2D eigenvalue weighted by molar-refractivity contribution is 7.92. The second-order valence-electron chi connectivity index (χ2n) is 11.1. The molecule has 11 nitrogen and oxygen atoms in total. The first-order chi connectivity index (χ1) is 20.0. The number of alkyl halides is 2. The number of methoxy groups -OCH3 is 1. The van der Waals surface area contributed by atoms with E-state index in [-0.39, 0.29) is 22.1 Å². The number of rotatable bonds is 9. The number of hydrogen-bond acceptors (Lipinski definition) is 7. The fourth-order valence-electron chi connectivity index (χ4n) is 5.90. The zero-order valence-electron chi connectivity index (χ0n) is 23.6. The quantitative estimate of drug-likeness (QED) is 0.290.